The van der Waals surface area contributed by atoms with Crippen molar-refractivity contribution in [3.63, 3.8) is 0 Å². The van der Waals surface area contributed by atoms with Gasteiger partial charge in [0.1, 0.15) is 0 Å². The average molecular weight is 356 g/mol. The van der Waals surface area contributed by atoms with E-state index in [2.05, 4.69) is 0 Å². The van der Waals surface area contributed by atoms with Gasteiger partial charge in [-0.1, -0.05) is 36.4 Å². The second-order valence-electron chi connectivity index (χ2n) is 5.41. The van der Waals surface area contributed by atoms with Crippen LogP contribution in [0.2, 0.25) is 0 Å². The lowest BCUT2D eigenvalue weighted by Crippen LogP contribution is -2.00. The van der Waals surface area contributed by atoms with E-state index in [0.29, 0.717) is 26.4 Å². The minimum atomic E-state index is 0.578. The number of hydrogen-bond acceptors (Lipinski definition) is 4. The van der Waals surface area contributed by atoms with Gasteiger partial charge in [0.2, 0.25) is 0 Å². The molecular formula is C22H28O4. The highest BCUT2D eigenvalue weighted by Crippen LogP contribution is 2.35. The van der Waals surface area contributed by atoms with Crippen molar-refractivity contribution in [1.29, 1.82) is 0 Å². The van der Waals surface area contributed by atoms with Crippen LogP contribution in [0.1, 0.15) is 38.8 Å². The summed E-state index contributed by atoms with van der Waals surface area (Å²) in [6.07, 6.45) is 4.03. The number of benzene rings is 2. The third kappa shape index (κ3) is 4.94. The largest absolute Gasteiger partial charge is 0.490 e. The molecule has 140 valence electrons. The van der Waals surface area contributed by atoms with Gasteiger partial charge in [0.25, 0.3) is 0 Å². The molecule has 0 aliphatic heterocycles. The zero-order valence-corrected chi connectivity index (χ0v) is 16.1. The fourth-order valence-corrected chi connectivity index (χ4v) is 2.64. The van der Waals surface area contributed by atoms with Crippen LogP contribution in [0.5, 0.6) is 23.0 Å². The molecule has 2 rings (SSSR count). The predicted octanol–water partition coefficient (Wildman–Crippen LogP) is 5.45. The summed E-state index contributed by atoms with van der Waals surface area (Å²) in [5.41, 5.74) is 1.92. The van der Waals surface area contributed by atoms with Crippen LogP contribution in [0, 0.1) is 0 Å². The molecule has 0 atom stereocenters. The summed E-state index contributed by atoms with van der Waals surface area (Å²) in [4.78, 5) is 0. The third-order valence-electron chi connectivity index (χ3n) is 3.64. The van der Waals surface area contributed by atoms with Crippen LogP contribution in [-0.4, -0.2) is 26.4 Å². The first-order chi connectivity index (χ1) is 12.7. The summed E-state index contributed by atoms with van der Waals surface area (Å²) in [6.45, 7) is 10.2. The van der Waals surface area contributed by atoms with Crippen LogP contribution < -0.4 is 18.9 Å². The molecular weight excluding hydrogens is 328 g/mol. The van der Waals surface area contributed by atoms with E-state index in [1.165, 1.54) is 0 Å². The molecule has 0 aliphatic carbocycles. The van der Waals surface area contributed by atoms with Crippen LogP contribution in [0.15, 0.2) is 36.4 Å². The molecule has 4 nitrogen and oxygen atoms in total. The standard InChI is InChI=1S/C22H28O4/c1-5-23-19-13-9-11-17(21(19)25-7-3)15-16-18-12-10-14-20(24-6-2)22(18)26-8-4/h9-16H,5-8H2,1-4H3/b16-15+. The zero-order chi connectivity index (χ0) is 18.8. The fourth-order valence-electron chi connectivity index (χ4n) is 2.64. The number of hydrogen-bond donors (Lipinski definition) is 0. The van der Waals surface area contributed by atoms with Crippen molar-refractivity contribution in [2.24, 2.45) is 0 Å². The van der Waals surface area contributed by atoms with Crippen molar-refractivity contribution in [1.82, 2.24) is 0 Å². The van der Waals surface area contributed by atoms with Gasteiger partial charge < -0.3 is 18.9 Å². The second kappa shape index (κ2) is 10.4. The van der Waals surface area contributed by atoms with Crippen molar-refractivity contribution < 1.29 is 18.9 Å². The van der Waals surface area contributed by atoms with E-state index in [0.717, 1.165) is 34.1 Å². The summed E-state index contributed by atoms with van der Waals surface area (Å²) >= 11 is 0. The number of rotatable bonds is 10. The Morgan fingerprint density at radius 2 is 0.962 bits per heavy atom. The Bertz CT molecular complexity index is 661. The van der Waals surface area contributed by atoms with Gasteiger partial charge in [-0.15, -0.1) is 0 Å². The topological polar surface area (TPSA) is 36.9 Å². The van der Waals surface area contributed by atoms with E-state index in [4.69, 9.17) is 18.9 Å². The summed E-state index contributed by atoms with van der Waals surface area (Å²) in [5, 5.41) is 0. The lowest BCUT2D eigenvalue weighted by Gasteiger charge is -2.14. The van der Waals surface area contributed by atoms with Crippen molar-refractivity contribution >= 4 is 12.2 Å². The predicted molar refractivity (Wildman–Crippen MR) is 106 cm³/mol. The first kappa shape index (κ1) is 19.7. The van der Waals surface area contributed by atoms with Gasteiger partial charge in [-0.25, -0.2) is 0 Å². The molecule has 2 aromatic rings. The minimum Gasteiger partial charge on any atom is -0.490 e. The van der Waals surface area contributed by atoms with Crippen LogP contribution in [0.25, 0.3) is 12.2 Å². The molecule has 0 aliphatic rings. The van der Waals surface area contributed by atoms with Crippen molar-refractivity contribution in [3.05, 3.63) is 47.5 Å². The molecule has 0 heterocycles. The van der Waals surface area contributed by atoms with Gasteiger partial charge in [-0.2, -0.15) is 0 Å². The smallest absolute Gasteiger partial charge is 0.168 e. The summed E-state index contributed by atoms with van der Waals surface area (Å²) in [7, 11) is 0. The summed E-state index contributed by atoms with van der Waals surface area (Å²) < 4.78 is 23.0. The molecule has 0 unspecified atom stereocenters. The maximum Gasteiger partial charge on any atom is 0.168 e. The fraction of sp³-hybridized carbons (Fsp3) is 0.364. The van der Waals surface area contributed by atoms with Crippen LogP contribution in [0.4, 0.5) is 0 Å². The summed E-state index contributed by atoms with van der Waals surface area (Å²) in [5.74, 6) is 3.02. The van der Waals surface area contributed by atoms with E-state index in [-0.39, 0.29) is 0 Å². The van der Waals surface area contributed by atoms with Crippen LogP contribution >= 0.6 is 0 Å². The molecule has 0 amide bonds. The van der Waals surface area contributed by atoms with E-state index in [1.807, 2.05) is 76.2 Å². The van der Waals surface area contributed by atoms with Crippen LogP contribution in [-0.2, 0) is 0 Å². The molecule has 0 N–H and O–H groups in total. The molecule has 0 saturated heterocycles. The molecule has 0 aromatic heterocycles. The Labute approximate surface area is 156 Å². The SMILES string of the molecule is CCOc1cccc(/C=C/c2cccc(OCC)c2OCC)c1OCC. The highest BCUT2D eigenvalue weighted by atomic mass is 16.5. The Morgan fingerprint density at radius 1 is 0.577 bits per heavy atom. The minimum absolute atomic E-state index is 0.578. The molecule has 26 heavy (non-hydrogen) atoms. The van der Waals surface area contributed by atoms with Gasteiger partial charge in [-0.05, 0) is 39.8 Å². The third-order valence-corrected chi connectivity index (χ3v) is 3.64. The summed E-state index contributed by atoms with van der Waals surface area (Å²) in [6, 6.07) is 11.8. The highest BCUT2D eigenvalue weighted by molar-refractivity contribution is 5.77. The molecule has 4 heteroatoms. The molecule has 0 radical (unpaired) electrons. The zero-order valence-electron chi connectivity index (χ0n) is 16.1. The molecule has 0 bridgehead atoms. The Balaban J connectivity index is 2.40. The Morgan fingerprint density at radius 3 is 1.31 bits per heavy atom. The number of ether oxygens (including phenoxy) is 4. The average Bonchev–Trinajstić information content (AvgIpc) is 2.64. The van der Waals surface area contributed by atoms with Gasteiger partial charge in [0.05, 0.1) is 26.4 Å². The van der Waals surface area contributed by atoms with Crippen LogP contribution in [0.3, 0.4) is 0 Å². The molecule has 2 aromatic carbocycles. The maximum absolute atomic E-state index is 5.82. The van der Waals surface area contributed by atoms with Crippen molar-refractivity contribution in [2.75, 3.05) is 26.4 Å². The van der Waals surface area contributed by atoms with Gasteiger partial charge in [0, 0.05) is 11.1 Å². The first-order valence-electron chi connectivity index (χ1n) is 9.20. The molecule has 0 saturated carbocycles. The quantitative estimate of drug-likeness (QED) is 0.530. The normalized spacial score (nSPS) is 10.8. The molecule has 0 spiro atoms. The van der Waals surface area contributed by atoms with Crippen molar-refractivity contribution in [2.45, 2.75) is 27.7 Å². The number of para-hydroxylation sites is 2. The lowest BCUT2D eigenvalue weighted by molar-refractivity contribution is 0.287. The van der Waals surface area contributed by atoms with E-state index >= 15 is 0 Å². The lowest BCUT2D eigenvalue weighted by atomic mass is 10.1. The van der Waals surface area contributed by atoms with Gasteiger partial charge in [0.15, 0.2) is 23.0 Å². The Kier molecular flexibility index (Phi) is 7.87. The second-order valence-corrected chi connectivity index (χ2v) is 5.41. The van der Waals surface area contributed by atoms with Gasteiger partial charge >= 0.3 is 0 Å². The Hall–Kier alpha value is -2.62. The van der Waals surface area contributed by atoms with E-state index < -0.39 is 0 Å². The molecule has 0 fully saturated rings. The van der Waals surface area contributed by atoms with Crippen molar-refractivity contribution in [3.8, 4) is 23.0 Å². The highest BCUT2D eigenvalue weighted by Gasteiger charge is 2.11. The maximum atomic E-state index is 5.82. The van der Waals surface area contributed by atoms with Gasteiger partial charge in [-0.3, -0.25) is 0 Å². The van der Waals surface area contributed by atoms with E-state index in [1.54, 1.807) is 0 Å². The van der Waals surface area contributed by atoms with E-state index in [9.17, 15) is 0 Å². The first-order valence-corrected chi connectivity index (χ1v) is 9.20. The monoisotopic (exact) mass is 356 g/mol.